The summed E-state index contributed by atoms with van der Waals surface area (Å²) < 4.78 is 5.49. The van der Waals surface area contributed by atoms with E-state index < -0.39 is 12.1 Å². The Balaban J connectivity index is 3.32. The second-order valence-electron chi connectivity index (χ2n) is 23.9. The van der Waals surface area contributed by atoms with Crippen LogP contribution in [-0.2, 0) is 14.3 Å². The van der Waals surface area contributed by atoms with Crippen LogP contribution in [0, 0.1) is 0 Å². The van der Waals surface area contributed by atoms with Crippen LogP contribution in [0.4, 0.5) is 0 Å². The number of hydrogen-bond donors (Lipinski definition) is 3. The van der Waals surface area contributed by atoms with Gasteiger partial charge in [0.25, 0.3) is 0 Å². The van der Waals surface area contributed by atoms with Gasteiger partial charge in [0.2, 0.25) is 5.91 Å². The highest BCUT2D eigenvalue weighted by Gasteiger charge is 2.20. The summed E-state index contributed by atoms with van der Waals surface area (Å²) >= 11 is 0. The number of aliphatic hydroxyl groups excluding tert-OH is 2. The van der Waals surface area contributed by atoms with Crippen LogP contribution in [0.2, 0.25) is 0 Å². The molecule has 0 saturated carbocycles. The third kappa shape index (κ3) is 61.6. The predicted molar refractivity (Wildman–Crippen MR) is 333 cm³/mol. The summed E-state index contributed by atoms with van der Waals surface area (Å²) in [6.07, 6.45) is 82.4. The van der Waals surface area contributed by atoms with E-state index in [1.807, 2.05) is 0 Å². The summed E-state index contributed by atoms with van der Waals surface area (Å²) in [5, 5.41) is 23.2. The smallest absolute Gasteiger partial charge is 0.305 e. The molecule has 76 heavy (non-hydrogen) atoms. The Bertz CT molecular complexity index is 1190. The molecule has 0 aliphatic rings. The molecule has 0 aromatic rings. The molecule has 1 amide bonds. The third-order valence-corrected chi connectivity index (χ3v) is 16.2. The predicted octanol–water partition coefficient (Wildman–Crippen LogP) is 22.1. The zero-order chi connectivity index (χ0) is 55.0. The lowest BCUT2D eigenvalue weighted by Gasteiger charge is -2.22. The fourth-order valence-electron chi connectivity index (χ4n) is 10.9. The molecule has 2 unspecified atom stereocenters. The topological polar surface area (TPSA) is 95.9 Å². The second-order valence-corrected chi connectivity index (χ2v) is 23.9. The van der Waals surface area contributed by atoms with E-state index in [0.717, 1.165) is 44.9 Å². The average molecular weight is 1070 g/mol. The van der Waals surface area contributed by atoms with Gasteiger partial charge in [0.05, 0.1) is 25.4 Å². The van der Waals surface area contributed by atoms with Crippen LogP contribution >= 0.6 is 0 Å². The molecule has 0 bridgehead atoms. The molecule has 6 nitrogen and oxygen atoms in total. The van der Waals surface area contributed by atoms with Gasteiger partial charge in [0.1, 0.15) is 0 Å². The van der Waals surface area contributed by atoms with Crippen LogP contribution < -0.4 is 5.32 Å². The van der Waals surface area contributed by atoms with Gasteiger partial charge in [-0.1, -0.05) is 321 Å². The Morgan fingerprint density at radius 2 is 0.618 bits per heavy atom. The monoisotopic (exact) mass is 1070 g/mol. The van der Waals surface area contributed by atoms with Crippen molar-refractivity contribution >= 4 is 11.9 Å². The maximum absolute atomic E-state index is 12.5. The number of hydrogen-bond acceptors (Lipinski definition) is 5. The van der Waals surface area contributed by atoms with Gasteiger partial charge in [-0.15, -0.1) is 0 Å². The SMILES string of the molecule is CCCCCCCC/C=C\CCCCCCCC(=O)OCCCCCCCCCCCCCC/C=C\CCCCCCCCCCCCCCCCCCCC(=O)NC(CO)C(O)CCCCCCCCCCCCC. The second kappa shape index (κ2) is 65.9. The zero-order valence-electron chi connectivity index (χ0n) is 51.5. The van der Waals surface area contributed by atoms with Crippen molar-refractivity contribution in [3.8, 4) is 0 Å². The molecule has 0 aliphatic heterocycles. The molecule has 0 spiro atoms. The lowest BCUT2D eigenvalue weighted by Crippen LogP contribution is -2.45. The quantitative estimate of drug-likeness (QED) is 0.0320. The number of rotatable bonds is 65. The highest BCUT2D eigenvalue weighted by atomic mass is 16.5. The summed E-state index contributed by atoms with van der Waals surface area (Å²) in [5.74, 6) is -0.0199. The van der Waals surface area contributed by atoms with E-state index in [9.17, 15) is 19.8 Å². The number of unbranched alkanes of at least 4 members (excludes halogenated alkanes) is 50. The van der Waals surface area contributed by atoms with Crippen molar-refractivity contribution in [2.75, 3.05) is 13.2 Å². The summed E-state index contributed by atoms with van der Waals surface area (Å²) in [7, 11) is 0. The molecule has 0 heterocycles. The molecule has 0 saturated heterocycles. The van der Waals surface area contributed by atoms with Gasteiger partial charge in [-0.3, -0.25) is 9.59 Å². The molecule has 0 aromatic heterocycles. The summed E-state index contributed by atoms with van der Waals surface area (Å²) in [5.41, 5.74) is 0. The average Bonchev–Trinajstić information content (AvgIpc) is 3.42. The first-order valence-corrected chi connectivity index (χ1v) is 34.6. The van der Waals surface area contributed by atoms with Crippen LogP contribution in [0.5, 0.6) is 0 Å². The molecule has 6 heteroatoms. The van der Waals surface area contributed by atoms with E-state index in [4.69, 9.17) is 4.74 Å². The number of amides is 1. The van der Waals surface area contributed by atoms with Crippen molar-refractivity contribution in [1.29, 1.82) is 0 Å². The largest absolute Gasteiger partial charge is 0.466 e. The van der Waals surface area contributed by atoms with Crippen LogP contribution in [0.25, 0.3) is 0 Å². The first-order valence-electron chi connectivity index (χ1n) is 34.6. The van der Waals surface area contributed by atoms with Crippen molar-refractivity contribution in [2.45, 2.75) is 398 Å². The first-order chi connectivity index (χ1) is 37.5. The summed E-state index contributed by atoms with van der Waals surface area (Å²) in [6.45, 7) is 4.96. The number of carbonyl (C=O) groups excluding carboxylic acids is 2. The highest BCUT2D eigenvalue weighted by Crippen LogP contribution is 2.18. The molecule has 450 valence electrons. The molecule has 0 fully saturated rings. The Hall–Kier alpha value is -1.66. The lowest BCUT2D eigenvalue weighted by atomic mass is 10.0. The van der Waals surface area contributed by atoms with Crippen molar-refractivity contribution < 1.29 is 24.5 Å². The number of carbonyl (C=O) groups is 2. The van der Waals surface area contributed by atoms with Crippen molar-refractivity contribution in [1.82, 2.24) is 5.32 Å². The van der Waals surface area contributed by atoms with Crippen LogP contribution in [0.1, 0.15) is 386 Å². The normalized spacial score (nSPS) is 12.6. The first kappa shape index (κ1) is 74.3. The number of aliphatic hydroxyl groups is 2. The minimum Gasteiger partial charge on any atom is -0.466 e. The van der Waals surface area contributed by atoms with Crippen LogP contribution in [-0.4, -0.2) is 47.4 Å². The van der Waals surface area contributed by atoms with Crippen molar-refractivity contribution in [2.24, 2.45) is 0 Å². The number of esters is 1. The van der Waals surface area contributed by atoms with Crippen molar-refractivity contribution in [3.63, 3.8) is 0 Å². The lowest BCUT2D eigenvalue weighted by molar-refractivity contribution is -0.143. The maximum atomic E-state index is 12.5. The van der Waals surface area contributed by atoms with Crippen LogP contribution in [0.15, 0.2) is 24.3 Å². The molecule has 0 aromatic carbocycles. The molecule has 0 radical (unpaired) electrons. The fourth-order valence-corrected chi connectivity index (χ4v) is 10.9. The van der Waals surface area contributed by atoms with E-state index in [2.05, 4.69) is 43.5 Å². The number of nitrogens with one attached hydrogen (secondary N) is 1. The summed E-state index contributed by atoms with van der Waals surface area (Å²) in [6, 6.07) is -0.537. The fraction of sp³-hybridized carbons (Fsp3) is 0.914. The standard InChI is InChI=1S/C70H135NO5/c1-3-5-7-9-11-13-15-16-36-40-44-48-52-56-60-64-70(75)76-65-61-57-53-49-45-41-38-35-33-31-29-27-25-23-21-19-17-18-20-22-24-26-28-30-32-34-37-39-43-47-51-55-59-63-69(74)71-67(66-72)68(73)62-58-54-50-46-42-14-12-10-8-6-4-2/h16,21,23,36,67-68,72-73H,3-15,17-20,22,24-35,37-66H2,1-2H3,(H,71,74)/b23-21-,36-16-. The van der Waals surface area contributed by atoms with Crippen LogP contribution in [0.3, 0.4) is 0 Å². The van der Waals surface area contributed by atoms with Gasteiger partial charge in [0, 0.05) is 12.8 Å². The van der Waals surface area contributed by atoms with Gasteiger partial charge < -0.3 is 20.3 Å². The molecular formula is C70H135NO5. The van der Waals surface area contributed by atoms with E-state index in [0.29, 0.717) is 25.9 Å². The van der Waals surface area contributed by atoms with Gasteiger partial charge in [-0.25, -0.2) is 0 Å². The van der Waals surface area contributed by atoms with Gasteiger partial charge in [-0.05, 0) is 77.0 Å². The Morgan fingerprint density at radius 1 is 0.355 bits per heavy atom. The highest BCUT2D eigenvalue weighted by molar-refractivity contribution is 5.76. The maximum Gasteiger partial charge on any atom is 0.305 e. The van der Waals surface area contributed by atoms with Gasteiger partial charge >= 0.3 is 5.97 Å². The third-order valence-electron chi connectivity index (χ3n) is 16.2. The molecule has 0 rings (SSSR count). The Kier molecular flexibility index (Phi) is 64.4. The Labute approximate surface area is 475 Å². The van der Waals surface area contributed by atoms with E-state index in [1.54, 1.807) is 0 Å². The van der Waals surface area contributed by atoms with E-state index in [-0.39, 0.29) is 18.5 Å². The van der Waals surface area contributed by atoms with Gasteiger partial charge in [-0.2, -0.15) is 0 Å². The van der Waals surface area contributed by atoms with Crippen molar-refractivity contribution in [3.05, 3.63) is 24.3 Å². The molecule has 0 aliphatic carbocycles. The Morgan fingerprint density at radius 3 is 0.934 bits per heavy atom. The van der Waals surface area contributed by atoms with Gasteiger partial charge in [0.15, 0.2) is 0 Å². The number of ether oxygens (including phenoxy) is 1. The van der Waals surface area contributed by atoms with E-state index >= 15 is 0 Å². The number of allylic oxidation sites excluding steroid dienone is 4. The molecular weight excluding hydrogens is 935 g/mol. The minimum absolute atomic E-state index is 0.0112. The minimum atomic E-state index is -0.660. The molecule has 2 atom stereocenters. The zero-order valence-corrected chi connectivity index (χ0v) is 51.5. The van der Waals surface area contributed by atoms with E-state index in [1.165, 1.54) is 308 Å². The molecule has 3 N–H and O–H groups in total. The summed E-state index contributed by atoms with van der Waals surface area (Å²) in [4.78, 5) is 24.5.